The second-order valence-electron chi connectivity index (χ2n) is 4.86. The van der Waals surface area contributed by atoms with Gasteiger partial charge in [-0.25, -0.2) is 0 Å². The maximum atomic E-state index is 9.59. The lowest BCUT2D eigenvalue weighted by molar-refractivity contribution is -0.0423. The van der Waals surface area contributed by atoms with Crippen LogP contribution in [0.1, 0.15) is 0 Å². The zero-order valence-electron chi connectivity index (χ0n) is 11.7. The summed E-state index contributed by atoms with van der Waals surface area (Å²) in [6.45, 7) is 5.32. The molecule has 7 nitrogen and oxygen atoms in total. The van der Waals surface area contributed by atoms with Crippen LogP contribution in [0.3, 0.4) is 0 Å². The van der Waals surface area contributed by atoms with Crippen LogP contribution < -0.4 is 0 Å². The third kappa shape index (κ3) is 8.80. The van der Waals surface area contributed by atoms with Gasteiger partial charge in [-0.2, -0.15) is 0 Å². The monoisotopic (exact) mass is 292 g/mol. The number of aliphatic hydroxyl groups excluding tert-OH is 1. The summed E-state index contributed by atoms with van der Waals surface area (Å²) < 4.78 is 31.1. The Labute approximate surface area is 119 Å². The highest BCUT2D eigenvalue weighted by molar-refractivity contribution is 4.67. The van der Waals surface area contributed by atoms with E-state index in [2.05, 4.69) is 0 Å². The molecule has 2 rings (SSSR count). The van der Waals surface area contributed by atoms with Crippen molar-refractivity contribution in [2.75, 3.05) is 66.1 Å². The van der Waals surface area contributed by atoms with Gasteiger partial charge in [0, 0.05) is 0 Å². The first kappa shape index (κ1) is 16.1. The predicted molar refractivity (Wildman–Crippen MR) is 68.8 cm³/mol. The second kappa shape index (κ2) is 9.62. The van der Waals surface area contributed by atoms with Crippen LogP contribution in [0.15, 0.2) is 0 Å². The number of ether oxygens (including phenoxy) is 6. The van der Waals surface area contributed by atoms with Crippen molar-refractivity contribution >= 4 is 0 Å². The molecule has 2 aliphatic rings. The van der Waals surface area contributed by atoms with E-state index in [1.165, 1.54) is 0 Å². The quantitative estimate of drug-likeness (QED) is 0.332. The van der Waals surface area contributed by atoms with Crippen LogP contribution in [0.2, 0.25) is 0 Å². The van der Waals surface area contributed by atoms with Crippen LogP contribution in [0.4, 0.5) is 0 Å². The van der Waals surface area contributed by atoms with Crippen molar-refractivity contribution in [2.24, 2.45) is 0 Å². The fourth-order valence-electron chi connectivity index (χ4n) is 1.48. The van der Waals surface area contributed by atoms with Crippen LogP contribution in [-0.4, -0.2) is 89.5 Å². The molecule has 0 aliphatic carbocycles. The Morgan fingerprint density at radius 3 is 1.60 bits per heavy atom. The van der Waals surface area contributed by atoms with E-state index in [1.54, 1.807) is 0 Å². The molecular weight excluding hydrogens is 268 g/mol. The Balaban J connectivity index is 1.26. The van der Waals surface area contributed by atoms with Gasteiger partial charge in [0.25, 0.3) is 0 Å². The molecule has 0 radical (unpaired) electrons. The third-order valence-corrected chi connectivity index (χ3v) is 2.78. The van der Waals surface area contributed by atoms with Crippen molar-refractivity contribution in [3.8, 4) is 0 Å². The Morgan fingerprint density at radius 1 is 0.800 bits per heavy atom. The Hall–Kier alpha value is -0.280. The predicted octanol–water partition coefficient (Wildman–Crippen LogP) is -0.789. The van der Waals surface area contributed by atoms with Crippen LogP contribution >= 0.6 is 0 Å². The van der Waals surface area contributed by atoms with Crippen molar-refractivity contribution in [3.63, 3.8) is 0 Å². The molecule has 118 valence electrons. The Kier molecular flexibility index (Phi) is 7.74. The molecule has 2 saturated heterocycles. The molecule has 2 unspecified atom stereocenters. The van der Waals surface area contributed by atoms with Gasteiger partial charge < -0.3 is 33.5 Å². The molecule has 0 aromatic heterocycles. The highest BCUT2D eigenvalue weighted by atomic mass is 16.6. The van der Waals surface area contributed by atoms with E-state index in [0.717, 1.165) is 13.2 Å². The minimum absolute atomic E-state index is 0.250. The van der Waals surface area contributed by atoms with Crippen molar-refractivity contribution in [3.05, 3.63) is 0 Å². The minimum atomic E-state index is -0.617. The summed E-state index contributed by atoms with van der Waals surface area (Å²) in [4.78, 5) is 0. The highest BCUT2D eigenvalue weighted by Gasteiger charge is 2.22. The SMILES string of the molecule is OC(COCCOCC1CO1)COCCOCC1CO1. The second-order valence-corrected chi connectivity index (χ2v) is 4.86. The van der Waals surface area contributed by atoms with Gasteiger partial charge in [-0.3, -0.25) is 0 Å². The molecule has 2 aliphatic heterocycles. The molecule has 0 aromatic rings. The molecule has 7 heteroatoms. The summed E-state index contributed by atoms with van der Waals surface area (Å²) >= 11 is 0. The summed E-state index contributed by atoms with van der Waals surface area (Å²) in [7, 11) is 0. The van der Waals surface area contributed by atoms with Gasteiger partial charge >= 0.3 is 0 Å². The van der Waals surface area contributed by atoms with E-state index < -0.39 is 6.10 Å². The number of rotatable bonds is 14. The average molecular weight is 292 g/mol. The zero-order valence-corrected chi connectivity index (χ0v) is 11.7. The number of epoxide rings is 2. The number of hydrogen-bond acceptors (Lipinski definition) is 7. The van der Waals surface area contributed by atoms with Gasteiger partial charge in [-0.15, -0.1) is 0 Å². The molecular formula is C13H24O7. The van der Waals surface area contributed by atoms with Crippen LogP contribution in [0, 0.1) is 0 Å². The van der Waals surface area contributed by atoms with Gasteiger partial charge in [0.05, 0.1) is 66.1 Å². The molecule has 0 bridgehead atoms. The molecule has 0 spiro atoms. The first-order valence-corrected chi connectivity index (χ1v) is 7.07. The molecule has 2 atom stereocenters. The summed E-state index contributed by atoms with van der Waals surface area (Å²) in [5.74, 6) is 0. The van der Waals surface area contributed by atoms with Crippen molar-refractivity contribution in [1.29, 1.82) is 0 Å². The lowest BCUT2D eigenvalue weighted by atomic mass is 10.4. The maximum absolute atomic E-state index is 9.59. The van der Waals surface area contributed by atoms with Gasteiger partial charge in [-0.05, 0) is 0 Å². The minimum Gasteiger partial charge on any atom is -0.388 e. The van der Waals surface area contributed by atoms with Gasteiger partial charge in [0.1, 0.15) is 18.3 Å². The standard InChI is InChI=1S/C13H24O7/c14-11(5-15-1-3-17-7-12-9-19-12)6-16-2-4-18-8-13-10-20-13/h11-14H,1-10H2. The van der Waals surface area contributed by atoms with E-state index in [1.807, 2.05) is 0 Å². The van der Waals surface area contributed by atoms with Crippen LogP contribution in [0.25, 0.3) is 0 Å². The maximum Gasteiger partial charge on any atom is 0.104 e. The molecule has 2 heterocycles. The van der Waals surface area contributed by atoms with Crippen molar-refractivity contribution in [2.45, 2.75) is 18.3 Å². The smallest absolute Gasteiger partial charge is 0.104 e. The van der Waals surface area contributed by atoms with E-state index in [0.29, 0.717) is 39.6 Å². The summed E-state index contributed by atoms with van der Waals surface area (Å²) in [5.41, 5.74) is 0. The highest BCUT2D eigenvalue weighted by Crippen LogP contribution is 2.08. The average Bonchev–Trinajstić information content (AvgIpc) is 3.32. The number of aliphatic hydroxyl groups is 1. The van der Waals surface area contributed by atoms with Crippen molar-refractivity contribution in [1.82, 2.24) is 0 Å². The lowest BCUT2D eigenvalue weighted by Crippen LogP contribution is -2.24. The van der Waals surface area contributed by atoms with E-state index in [-0.39, 0.29) is 25.4 Å². The van der Waals surface area contributed by atoms with Gasteiger partial charge in [-0.1, -0.05) is 0 Å². The summed E-state index contributed by atoms with van der Waals surface area (Å²) in [5, 5.41) is 9.59. The summed E-state index contributed by atoms with van der Waals surface area (Å²) in [6.07, 6.45) is -0.0566. The van der Waals surface area contributed by atoms with Crippen LogP contribution in [0.5, 0.6) is 0 Å². The first-order valence-electron chi connectivity index (χ1n) is 7.07. The first-order chi connectivity index (χ1) is 9.84. The number of hydrogen-bond donors (Lipinski definition) is 1. The zero-order chi connectivity index (χ0) is 14.0. The van der Waals surface area contributed by atoms with E-state index in [4.69, 9.17) is 28.4 Å². The Morgan fingerprint density at radius 2 is 1.20 bits per heavy atom. The normalized spacial score (nSPS) is 25.6. The summed E-state index contributed by atoms with van der Waals surface area (Å²) in [6, 6.07) is 0. The Bertz CT molecular complexity index is 219. The fourth-order valence-corrected chi connectivity index (χ4v) is 1.48. The lowest BCUT2D eigenvalue weighted by Gasteiger charge is -2.12. The molecule has 0 aromatic carbocycles. The molecule has 1 N–H and O–H groups in total. The largest absolute Gasteiger partial charge is 0.388 e. The third-order valence-electron chi connectivity index (χ3n) is 2.78. The van der Waals surface area contributed by atoms with Gasteiger partial charge in [0.2, 0.25) is 0 Å². The molecule has 2 fully saturated rings. The topological polar surface area (TPSA) is 82.2 Å². The van der Waals surface area contributed by atoms with Crippen LogP contribution in [-0.2, 0) is 28.4 Å². The van der Waals surface area contributed by atoms with E-state index >= 15 is 0 Å². The molecule has 0 saturated carbocycles. The fraction of sp³-hybridized carbons (Fsp3) is 1.00. The van der Waals surface area contributed by atoms with Crippen molar-refractivity contribution < 1.29 is 33.5 Å². The molecule has 20 heavy (non-hydrogen) atoms. The molecule has 0 amide bonds. The van der Waals surface area contributed by atoms with E-state index in [9.17, 15) is 5.11 Å². The van der Waals surface area contributed by atoms with Gasteiger partial charge in [0.15, 0.2) is 0 Å².